The summed E-state index contributed by atoms with van der Waals surface area (Å²) in [4.78, 5) is 4.11. The maximum atomic E-state index is 5.92. The highest BCUT2D eigenvalue weighted by Gasteiger charge is 2.05. The Labute approximate surface area is 93.4 Å². The average molecular weight is 237 g/mol. The highest BCUT2D eigenvalue weighted by atomic mass is 35.5. The smallest absolute Gasteiger partial charge is 0.0740 e. The minimum absolute atomic E-state index is 0.552. The van der Waals surface area contributed by atoms with E-state index >= 15 is 0 Å². The van der Waals surface area contributed by atoms with Gasteiger partial charge in [0.1, 0.15) is 0 Å². The number of aromatic nitrogens is 1. The Bertz CT molecular complexity index is 293. The van der Waals surface area contributed by atoms with E-state index in [2.05, 4.69) is 17.8 Å². The molecular formula is C8H10Cl2N2S. The van der Waals surface area contributed by atoms with Crippen molar-refractivity contribution in [3.05, 3.63) is 28.0 Å². The number of pyridine rings is 1. The molecule has 0 N–H and O–H groups in total. The molecular weight excluding hydrogens is 227 g/mol. The predicted molar refractivity (Wildman–Crippen MR) is 59.3 cm³/mol. The third kappa shape index (κ3) is 3.35. The molecule has 0 spiro atoms. The lowest BCUT2D eigenvalue weighted by molar-refractivity contribution is 0.492. The number of rotatable bonds is 3. The third-order valence-corrected chi connectivity index (χ3v) is 2.54. The molecule has 0 bridgehead atoms. The van der Waals surface area contributed by atoms with E-state index in [1.54, 1.807) is 12.3 Å². The van der Waals surface area contributed by atoms with Crippen molar-refractivity contribution in [3.63, 3.8) is 0 Å². The monoisotopic (exact) mass is 236 g/mol. The van der Waals surface area contributed by atoms with Gasteiger partial charge < -0.3 is 0 Å². The zero-order valence-electron chi connectivity index (χ0n) is 7.17. The van der Waals surface area contributed by atoms with Gasteiger partial charge in [-0.2, -0.15) is 0 Å². The Morgan fingerprint density at radius 3 is 2.77 bits per heavy atom. The van der Waals surface area contributed by atoms with Gasteiger partial charge in [-0.05, 0) is 6.07 Å². The van der Waals surface area contributed by atoms with Gasteiger partial charge in [0.25, 0.3) is 0 Å². The number of nitrogens with zero attached hydrogens (tertiary/aromatic N) is 2. The van der Waals surface area contributed by atoms with E-state index in [1.807, 2.05) is 11.2 Å². The van der Waals surface area contributed by atoms with E-state index in [1.165, 1.54) is 0 Å². The van der Waals surface area contributed by atoms with Crippen LogP contribution in [0.4, 0.5) is 0 Å². The maximum absolute atomic E-state index is 5.92. The molecule has 13 heavy (non-hydrogen) atoms. The van der Waals surface area contributed by atoms with Crippen molar-refractivity contribution in [2.45, 2.75) is 13.5 Å². The quantitative estimate of drug-likeness (QED) is 0.813. The van der Waals surface area contributed by atoms with E-state index < -0.39 is 0 Å². The molecule has 1 heterocycles. The molecule has 0 aromatic carbocycles. The molecule has 5 heteroatoms. The van der Waals surface area contributed by atoms with Crippen molar-refractivity contribution >= 4 is 36.0 Å². The molecule has 0 unspecified atom stereocenters. The topological polar surface area (TPSA) is 16.1 Å². The Morgan fingerprint density at radius 1 is 1.54 bits per heavy atom. The van der Waals surface area contributed by atoms with Gasteiger partial charge in [-0.25, -0.2) is 4.31 Å². The van der Waals surface area contributed by atoms with Gasteiger partial charge in [-0.1, -0.05) is 42.9 Å². The molecule has 0 amide bonds. The second-order valence-electron chi connectivity index (χ2n) is 2.56. The minimum atomic E-state index is 0.552. The molecule has 0 saturated carbocycles. The van der Waals surface area contributed by atoms with E-state index in [9.17, 15) is 0 Å². The zero-order chi connectivity index (χ0) is 9.84. The van der Waals surface area contributed by atoms with Gasteiger partial charge >= 0.3 is 0 Å². The van der Waals surface area contributed by atoms with E-state index in [0.29, 0.717) is 16.6 Å². The first-order valence-electron chi connectivity index (χ1n) is 3.87. The summed E-state index contributed by atoms with van der Waals surface area (Å²) in [6, 6.07) is 1.68. The molecule has 1 rings (SSSR count). The summed E-state index contributed by atoms with van der Waals surface area (Å²) in [5.74, 6) is 0. The highest BCUT2D eigenvalue weighted by molar-refractivity contribution is 7.77. The molecule has 1 aromatic heterocycles. The van der Waals surface area contributed by atoms with Crippen molar-refractivity contribution in [3.8, 4) is 0 Å². The highest BCUT2D eigenvalue weighted by Crippen LogP contribution is 2.19. The molecule has 0 atom stereocenters. The molecule has 0 fully saturated rings. The molecule has 72 valence electrons. The van der Waals surface area contributed by atoms with E-state index in [4.69, 9.17) is 23.2 Å². The number of halogens is 2. The molecule has 0 aliphatic heterocycles. The van der Waals surface area contributed by atoms with E-state index in [-0.39, 0.29) is 0 Å². The van der Waals surface area contributed by atoms with Crippen molar-refractivity contribution < 1.29 is 0 Å². The van der Waals surface area contributed by atoms with Gasteiger partial charge in [0.05, 0.1) is 22.3 Å². The van der Waals surface area contributed by atoms with Gasteiger partial charge in [0, 0.05) is 12.7 Å². The molecule has 0 aliphatic carbocycles. The summed E-state index contributed by atoms with van der Waals surface area (Å²) in [7, 11) is 0. The fourth-order valence-electron chi connectivity index (χ4n) is 0.844. The van der Waals surface area contributed by atoms with Gasteiger partial charge in [0.15, 0.2) is 0 Å². The van der Waals surface area contributed by atoms with Crippen LogP contribution in [-0.2, 0) is 6.54 Å². The Hall–Kier alpha value is 0.0400. The summed E-state index contributed by atoms with van der Waals surface area (Å²) >= 11 is 15.8. The molecule has 0 saturated heterocycles. The van der Waals surface area contributed by atoms with Gasteiger partial charge in [-0.3, -0.25) is 4.98 Å². The molecule has 0 radical (unpaired) electrons. The van der Waals surface area contributed by atoms with Crippen LogP contribution >= 0.6 is 36.0 Å². The van der Waals surface area contributed by atoms with Crippen molar-refractivity contribution in [1.82, 2.24) is 9.29 Å². The van der Waals surface area contributed by atoms with Crippen molar-refractivity contribution in [2.24, 2.45) is 0 Å². The second-order valence-corrected chi connectivity index (χ2v) is 3.97. The first-order valence-corrected chi connectivity index (χ1v) is 5.02. The standard InChI is InChI=1S/C8H10Cl2N2S/c1-2-12(13)5-8-7(10)3-6(9)4-11-8/h3-4,13H,2,5H2,1H3. The fourth-order valence-corrected chi connectivity index (χ4v) is 1.42. The van der Waals surface area contributed by atoms with Crippen LogP contribution in [0.2, 0.25) is 10.0 Å². The van der Waals surface area contributed by atoms with Gasteiger partial charge in [0.2, 0.25) is 0 Å². The van der Waals surface area contributed by atoms with Crippen LogP contribution in [0.15, 0.2) is 12.3 Å². The lowest BCUT2D eigenvalue weighted by atomic mass is 10.3. The average Bonchev–Trinajstić information content (AvgIpc) is 2.09. The van der Waals surface area contributed by atoms with Crippen LogP contribution in [0, 0.1) is 0 Å². The normalized spacial score (nSPS) is 10.8. The van der Waals surface area contributed by atoms with Crippen molar-refractivity contribution in [1.29, 1.82) is 0 Å². The maximum Gasteiger partial charge on any atom is 0.0740 e. The van der Waals surface area contributed by atoms with E-state index in [0.717, 1.165) is 12.2 Å². The largest absolute Gasteiger partial charge is 0.257 e. The Balaban J connectivity index is 2.77. The lowest BCUT2D eigenvalue weighted by Crippen LogP contribution is -2.12. The Kier molecular flexibility index (Phi) is 4.32. The molecule has 1 aromatic rings. The van der Waals surface area contributed by atoms with Crippen molar-refractivity contribution in [2.75, 3.05) is 6.54 Å². The zero-order valence-corrected chi connectivity index (χ0v) is 9.57. The van der Waals surface area contributed by atoms with Gasteiger partial charge in [-0.15, -0.1) is 0 Å². The SMILES string of the molecule is CCN(S)Cc1ncc(Cl)cc1Cl. The van der Waals surface area contributed by atoms with Crippen LogP contribution in [-0.4, -0.2) is 15.8 Å². The fraction of sp³-hybridized carbons (Fsp3) is 0.375. The molecule has 0 aliphatic rings. The van der Waals surface area contributed by atoms with Crippen LogP contribution in [0.5, 0.6) is 0 Å². The first-order chi connectivity index (χ1) is 6.13. The molecule has 2 nitrogen and oxygen atoms in total. The number of thiol groups is 1. The minimum Gasteiger partial charge on any atom is -0.257 e. The summed E-state index contributed by atoms with van der Waals surface area (Å²) in [5.41, 5.74) is 0.794. The summed E-state index contributed by atoms with van der Waals surface area (Å²) < 4.78 is 1.82. The van der Waals surface area contributed by atoms with Crippen LogP contribution in [0.1, 0.15) is 12.6 Å². The summed E-state index contributed by atoms with van der Waals surface area (Å²) in [6.07, 6.45) is 1.58. The first kappa shape index (κ1) is 11.1. The summed E-state index contributed by atoms with van der Waals surface area (Å²) in [6.45, 7) is 3.47. The van der Waals surface area contributed by atoms with Crippen LogP contribution < -0.4 is 0 Å². The van der Waals surface area contributed by atoms with Crippen LogP contribution in [0.25, 0.3) is 0 Å². The Morgan fingerprint density at radius 2 is 2.23 bits per heavy atom. The second kappa shape index (κ2) is 5.05. The predicted octanol–water partition coefficient (Wildman–Crippen LogP) is 3.06. The summed E-state index contributed by atoms with van der Waals surface area (Å²) in [5, 5.41) is 1.14. The number of hydrogen-bond donors (Lipinski definition) is 1. The number of hydrogen-bond acceptors (Lipinski definition) is 3. The lowest BCUT2D eigenvalue weighted by Gasteiger charge is -2.12. The third-order valence-electron chi connectivity index (χ3n) is 1.58. The van der Waals surface area contributed by atoms with Crippen LogP contribution in [0.3, 0.4) is 0 Å².